The normalized spacial score (nSPS) is 15.4. The predicted molar refractivity (Wildman–Crippen MR) is 85.3 cm³/mol. The maximum atomic E-state index is 12.5. The smallest absolute Gasteiger partial charge is 0.291 e. The molecule has 0 aliphatic heterocycles. The summed E-state index contributed by atoms with van der Waals surface area (Å²) in [7, 11) is 1.84. The van der Waals surface area contributed by atoms with Crippen molar-refractivity contribution in [1.82, 2.24) is 4.90 Å². The standard InChI is InChI=1S/C16H18N2O3S/c1-10(11-5-6-11)18(2)16(20)13-7-8-14(22-13)17-15(19)12-4-3-9-21-12/h3-4,7-11H,5-6H2,1-2H3,(H,17,19). The molecule has 22 heavy (non-hydrogen) atoms. The van der Waals surface area contributed by atoms with Crippen molar-refractivity contribution in [3.63, 3.8) is 0 Å². The van der Waals surface area contributed by atoms with E-state index in [4.69, 9.17) is 4.42 Å². The molecular formula is C16H18N2O3S. The van der Waals surface area contributed by atoms with E-state index in [1.165, 1.54) is 30.4 Å². The van der Waals surface area contributed by atoms with Gasteiger partial charge in [-0.3, -0.25) is 9.59 Å². The van der Waals surface area contributed by atoms with Gasteiger partial charge in [-0.25, -0.2) is 0 Å². The number of thiophene rings is 1. The number of hydrogen-bond donors (Lipinski definition) is 1. The second-order valence-corrected chi connectivity index (χ2v) is 6.67. The molecule has 1 fully saturated rings. The zero-order valence-corrected chi connectivity index (χ0v) is 13.4. The van der Waals surface area contributed by atoms with Gasteiger partial charge in [-0.1, -0.05) is 0 Å². The molecule has 5 nitrogen and oxygen atoms in total. The first kappa shape index (κ1) is 14.8. The van der Waals surface area contributed by atoms with E-state index >= 15 is 0 Å². The second kappa shape index (κ2) is 5.96. The molecule has 0 bridgehead atoms. The highest BCUT2D eigenvalue weighted by molar-refractivity contribution is 7.18. The van der Waals surface area contributed by atoms with Crippen molar-refractivity contribution >= 4 is 28.2 Å². The molecule has 0 spiro atoms. The van der Waals surface area contributed by atoms with E-state index in [0.29, 0.717) is 15.8 Å². The van der Waals surface area contributed by atoms with E-state index in [1.54, 1.807) is 29.2 Å². The number of hydrogen-bond acceptors (Lipinski definition) is 4. The average molecular weight is 318 g/mol. The van der Waals surface area contributed by atoms with Crippen LogP contribution in [0, 0.1) is 5.92 Å². The number of anilines is 1. The largest absolute Gasteiger partial charge is 0.459 e. The summed E-state index contributed by atoms with van der Waals surface area (Å²) in [5.74, 6) is 0.571. The summed E-state index contributed by atoms with van der Waals surface area (Å²) in [6.45, 7) is 2.09. The number of nitrogens with one attached hydrogen (secondary N) is 1. The topological polar surface area (TPSA) is 62.6 Å². The molecule has 2 aromatic heterocycles. The summed E-state index contributed by atoms with van der Waals surface area (Å²) < 4.78 is 5.04. The Labute approximate surface area is 132 Å². The van der Waals surface area contributed by atoms with Gasteiger partial charge < -0.3 is 14.6 Å². The molecule has 2 heterocycles. The highest BCUT2D eigenvalue weighted by Crippen LogP contribution is 2.35. The lowest BCUT2D eigenvalue weighted by atomic mass is 10.2. The monoisotopic (exact) mass is 318 g/mol. The van der Waals surface area contributed by atoms with Crippen LogP contribution in [0.4, 0.5) is 5.00 Å². The van der Waals surface area contributed by atoms with Gasteiger partial charge in [-0.05, 0) is 49.9 Å². The summed E-state index contributed by atoms with van der Waals surface area (Å²) in [4.78, 5) is 26.8. The Morgan fingerprint density at radius 1 is 1.36 bits per heavy atom. The predicted octanol–water partition coefficient (Wildman–Crippen LogP) is 3.46. The third-order valence-corrected chi connectivity index (χ3v) is 5.02. The Morgan fingerprint density at radius 3 is 2.77 bits per heavy atom. The van der Waals surface area contributed by atoms with Crippen molar-refractivity contribution in [2.45, 2.75) is 25.8 Å². The molecule has 3 rings (SSSR count). The lowest BCUT2D eigenvalue weighted by molar-refractivity contribution is 0.0732. The fourth-order valence-electron chi connectivity index (χ4n) is 2.35. The fraction of sp³-hybridized carbons (Fsp3) is 0.375. The maximum Gasteiger partial charge on any atom is 0.291 e. The minimum atomic E-state index is -0.314. The molecule has 0 saturated heterocycles. The lowest BCUT2D eigenvalue weighted by Crippen LogP contribution is -2.35. The van der Waals surface area contributed by atoms with E-state index in [2.05, 4.69) is 12.2 Å². The lowest BCUT2D eigenvalue weighted by Gasteiger charge is -2.24. The van der Waals surface area contributed by atoms with Gasteiger partial charge in [0.1, 0.15) is 0 Å². The second-order valence-electron chi connectivity index (χ2n) is 5.59. The number of nitrogens with zero attached hydrogens (tertiary/aromatic N) is 1. The van der Waals surface area contributed by atoms with E-state index in [0.717, 1.165) is 0 Å². The molecule has 1 unspecified atom stereocenters. The van der Waals surface area contributed by atoms with Crippen molar-refractivity contribution in [2.75, 3.05) is 12.4 Å². The molecule has 1 aliphatic carbocycles. The number of carbonyl (C=O) groups is 2. The van der Waals surface area contributed by atoms with Crippen LogP contribution >= 0.6 is 11.3 Å². The van der Waals surface area contributed by atoms with Crippen molar-refractivity contribution in [3.8, 4) is 0 Å². The molecule has 6 heteroatoms. The Morgan fingerprint density at radius 2 is 2.14 bits per heavy atom. The first-order chi connectivity index (χ1) is 10.6. The third kappa shape index (κ3) is 3.06. The van der Waals surface area contributed by atoms with Crippen LogP contribution in [0.15, 0.2) is 34.9 Å². The number of amides is 2. The van der Waals surface area contributed by atoms with Crippen molar-refractivity contribution < 1.29 is 14.0 Å². The van der Waals surface area contributed by atoms with E-state index in [-0.39, 0.29) is 23.6 Å². The van der Waals surface area contributed by atoms with Gasteiger partial charge in [0, 0.05) is 13.1 Å². The highest BCUT2D eigenvalue weighted by Gasteiger charge is 2.33. The van der Waals surface area contributed by atoms with Crippen molar-refractivity contribution in [3.05, 3.63) is 41.2 Å². The molecule has 2 amide bonds. The zero-order valence-electron chi connectivity index (χ0n) is 12.5. The van der Waals surface area contributed by atoms with Crippen LogP contribution in [0.25, 0.3) is 0 Å². The molecule has 0 aromatic carbocycles. The first-order valence-electron chi connectivity index (χ1n) is 7.28. The van der Waals surface area contributed by atoms with Gasteiger partial charge in [0.15, 0.2) is 5.76 Å². The quantitative estimate of drug-likeness (QED) is 0.918. The third-order valence-electron chi connectivity index (χ3n) is 4.03. The van der Waals surface area contributed by atoms with Crippen molar-refractivity contribution in [2.24, 2.45) is 5.92 Å². The van der Waals surface area contributed by atoms with Crippen LogP contribution in [0.3, 0.4) is 0 Å². The molecule has 1 N–H and O–H groups in total. The minimum absolute atomic E-state index is 0.00268. The van der Waals surface area contributed by atoms with Gasteiger partial charge in [0.05, 0.1) is 16.1 Å². The molecule has 0 radical (unpaired) electrons. The van der Waals surface area contributed by atoms with Gasteiger partial charge in [0.2, 0.25) is 0 Å². The van der Waals surface area contributed by atoms with E-state index in [1.807, 2.05) is 7.05 Å². The first-order valence-corrected chi connectivity index (χ1v) is 8.10. The molecule has 1 atom stereocenters. The SMILES string of the molecule is CC(C1CC1)N(C)C(=O)c1ccc(NC(=O)c2ccco2)s1. The van der Waals surface area contributed by atoms with E-state index in [9.17, 15) is 9.59 Å². The Bertz CT molecular complexity index is 673. The van der Waals surface area contributed by atoms with Crippen LogP contribution in [0.2, 0.25) is 0 Å². The average Bonchev–Trinajstić information content (AvgIpc) is 3.02. The number of rotatable bonds is 5. The van der Waals surface area contributed by atoms with Crippen LogP contribution in [0.5, 0.6) is 0 Å². The Balaban J connectivity index is 1.65. The summed E-state index contributed by atoms with van der Waals surface area (Å²) >= 11 is 1.28. The van der Waals surface area contributed by atoms with Gasteiger partial charge >= 0.3 is 0 Å². The minimum Gasteiger partial charge on any atom is -0.459 e. The summed E-state index contributed by atoms with van der Waals surface area (Å²) in [6.07, 6.45) is 3.86. The Kier molecular flexibility index (Phi) is 4.02. The molecular weight excluding hydrogens is 300 g/mol. The van der Waals surface area contributed by atoms with Crippen LogP contribution in [0.1, 0.15) is 40.0 Å². The molecule has 1 aliphatic rings. The highest BCUT2D eigenvalue weighted by atomic mass is 32.1. The summed E-state index contributed by atoms with van der Waals surface area (Å²) in [5.41, 5.74) is 0. The summed E-state index contributed by atoms with van der Waals surface area (Å²) in [5, 5.41) is 3.37. The number of carbonyl (C=O) groups excluding carboxylic acids is 2. The van der Waals surface area contributed by atoms with Crippen molar-refractivity contribution in [1.29, 1.82) is 0 Å². The van der Waals surface area contributed by atoms with E-state index < -0.39 is 0 Å². The van der Waals surface area contributed by atoms with Crippen LogP contribution in [-0.2, 0) is 0 Å². The maximum absolute atomic E-state index is 12.5. The zero-order chi connectivity index (χ0) is 15.7. The fourth-order valence-corrected chi connectivity index (χ4v) is 3.24. The van der Waals surface area contributed by atoms with Crippen LogP contribution < -0.4 is 5.32 Å². The summed E-state index contributed by atoms with van der Waals surface area (Å²) in [6, 6.07) is 7.01. The number of furan rings is 1. The molecule has 116 valence electrons. The van der Waals surface area contributed by atoms with Gasteiger partial charge in [0.25, 0.3) is 11.8 Å². The van der Waals surface area contributed by atoms with Crippen LogP contribution in [-0.4, -0.2) is 29.8 Å². The van der Waals surface area contributed by atoms with Gasteiger partial charge in [-0.2, -0.15) is 0 Å². The Hall–Kier alpha value is -2.08. The molecule has 2 aromatic rings. The van der Waals surface area contributed by atoms with Gasteiger partial charge in [-0.15, -0.1) is 11.3 Å². The molecule has 1 saturated carbocycles.